The highest BCUT2D eigenvalue weighted by atomic mass is 32.2. The van der Waals surface area contributed by atoms with E-state index >= 15 is 0 Å². The zero-order chi connectivity index (χ0) is 22.7. The number of pyridine rings is 1. The first kappa shape index (κ1) is 22.6. The number of nitrogens with zero attached hydrogens (tertiary/aromatic N) is 3. The van der Waals surface area contributed by atoms with Crippen LogP contribution in [-0.4, -0.2) is 41.5 Å². The molecule has 0 atom stereocenters. The fourth-order valence-electron chi connectivity index (χ4n) is 3.82. The van der Waals surface area contributed by atoms with Gasteiger partial charge < -0.3 is 4.90 Å². The van der Waals surface area contributed by atoms with E-state index in [1.807, 2.05) is 47.5 Å². The zero-order valence-corrected chi connectivity index (χ0v) is 19.8. The maximum atomic E-state index is 12.9. The van der Waals surface area contributed by atoms with Crippen molar-refractivity contribution in [2.45, 2.75) is 39.8 Å². The normalized spacial score (nSPS) is 13.8. The number of benzene rings is 1. The molecule has 0 spiro atoms. The van der Waals surface area contributed by atoms with Gasteiger partial charge in [0.1, 0.15) is 5.01 Å². The van der Waals surface area contributed by atoms with Crippen LogP contribution < -0.4 is 4.72 Å². The van der Waals surface area contributed by atoms with Crippen molar-refractivity contribution in [3.63, 3.8) is 0 Å². The number of aromatic nitrogens is 2. The monoisotopic (exact) mass is 470 g/mol. The Balaban J connectivity index is 1.45. The van der Waals surface area contributed by atoms with Gasteiger partial charge in [0, 0.05) is 42.5 Å². The van der Waals surface area contributed by atoms with E-state index in [1.165, 1.54) is 0 Å². The minimum Gasteiger partial charge on any atom is -0.338 e. The second-order valence-electron chi connectivity index (χ2n) is 7.80. The van der Waals surface area contributed by atoms with Crippen molar-refractivity contribution in [1.29, 1.82) is 0 Å². The third-order valence-electron chi connectivity index (χ3n) is 5.70. The summed E-state index contributed by atoms with van der Waals surface area (Å²) in [5.74, 6) is 0.0775. The number of hydrogen-bond donors (Lipinski definition) is 1. The molecule has 3 heterocycles. The molecule has 0 radical (unpaired) electrons. The molecule has 1 aromatic carbocycles. The first-order chi connectivity index (χ1) is 15.4. The first-order valence-electron chi connectivity index (χ1n) is 10.6. The van der Waals surface area contributed by atoms with Crippen molar-refractivity contribution in [3.05, 3.63) is 70.0 Å². The van der Waals surface area contributed by atoms with Crippen LogP contribution in [0.3, 0.4) is 0 Å². The maximum Gasteiger partial charge on any atom is 0.228 e. The van der Waals surface area contributed by atoms with Gasteiger partial charge in [0.25, 0.3) is 0 Å². The maximum absolute atomic E-state index is 12.9. The molecule has 168 valence electrons. The molecule has 4 rings (SSSR count). The summed E-state index contributed by atoms with van der Waals surface area (Å²) < 4.78 is 26.4. The number of hydrogen-bond acceptors (Lipinski definition) is 6. The summed E-state index contributed by atoms with van der Waals surface area (Å²) in [4.78, 5) is 23.9. The lowest BCUT2D eigenvalue weighted by molar-refractivity contribution is -0.131. The molecule has 0 fully saturated rings. The van der Waals surface area contributed by atoms with E-state index in [0.29, 0.717) is 19.5 Å². The zero-order valence-electron chi connectivity index (χ0n) is 18.2. The van der Waals surface area contributed by atoms with Gasteiger partial charge in [-0.1, -0.05) is 30.3 Å². The van der Waals surface area contributed by atoms with E-state index in [9.17, 15) is 13.2 Å². The van der Waals surface area contributed by atoms with Crippen molar-refractivity contribution >= 4 is 27.3 Å². The largest absolute Gasteiger partial charge is 0.338 e. The molecule has 7 nitrogen and oxygen atoms in total. The molecule has 9 heteroatoms. The Morgan fingerprint density at radius 3 is 2.78 bits per heavy atom. The van der Waals surface area contributed by atoms with E-state index in [4.69, 9.17) is 0 Å². The van der Waals surface area contributed by atoms with Gasteiger partial charge in [-0.05, 0) is 37.0 Å². The highest BCUT2D eigenvalue weighted by molar-refractivity contribution is 7.89. The Hall–Kier alpha value is -2.62. The van der Waals surface area contributed by atoms with Crippen molar-refractivity contribution < 1.29 is 13.2 Å². The topological polar surface area (TPSA) is 92.3 Å². The Bertz CT molecular complexity index is 1220. The van der Waals surface area contributed by atoms with Gasteiger partial charge in [-0.25, -0.2) is 18.1 Å². The van der Waals surface area contributed by atoms with Crippen LogP contribution in [0, 0.1) is 6.92 Å². The Labute approximate surface area is 192 Å². The molecule has 0 bridgehead atoms. The highest BCUT2D eigenvalue weighted by Crippen LogP contribution is 2.26. The number of rotatable bonds is 7. The highest BCUT2D eigenvalue weighted by Gasteiger charge is 2.25. The van der Waals surface area contributed by atoms with Crippen LogP contribution in [0.25, 0.3) is 10.6 Å². The van der Waals surface area contributed by atoms with Crippen LogP contribution >= 0.6 is 11.3 Å². The number of fused-ring (bicyclic) bond motifs is 1. The fourth-order valence-corrected chi connectivity index (χ4v) is 5.22. The molecule has 32 heavy (non-hydrogen) atoms. The number of amides is 1. The average Bonchev–Trinajstić information content (AvgIpc) is 3.27. The molecule has 3 aromatic rings. The SMILES string of the molecule is CCS(=O)(=O)NCc1c(C)ncc2c1CCN(C(=O)Cc1csc(-c3ccccc3)n1)C2. The molecule has 1 aliphatic heterocycles. The Morgan fingerprint density at radius 2 is 2.03 bits per heavy atom. The Kier molecular flexibility index (Phi) is 6.68. The first-order valence-corrected chi connectivity index (χ1v) is 13.1. The summed E-state index contributed by atoms with van der Waals surface area (Å²) in [5, 5.41) is 2.86. The third-order valence-corrected chi connectivity index (χ3v) is 7.99. The second-order valence-corrected chi connectivity index (χ2v) is 10.8. The van der Waals surface area contributed by atoms with Crippen LogP contribution in [0.15, 0.2) is 41.9 Å². The standard InChI is InChI=1S/C23H26N4O3S2/c1-3-32(29,30)25-13-21-16(2)24-12-18-14-27(10-9-20(18)21)22(28)11-19-15-31-23(26-19)17-7-5-4-6-8-17/h4-8,12,15,25H,3,9-11,13-14H2,1-2H3. The number of carbonyl (C=O) groups excluding carboxylic acids is 1. The molecule has 2 aromatic heterocycles. The molecule has 0 unspecified atom stereocenters. The van der Waals surface area contributed by atoms with E-state index in [1.54, 1.807) is 24.5 Å². The summed E-state index contributed by atoms with van der Waals surface area (Å²) in [6.45, 7) is 4.80. The average molecular weight is 471 g/mol. The Morgan fingerprint density at radius 1 is 1.25 bits per heavy atom. The van der Waals surface area contributed by atoms with Crippen molar-refractivity contribution in [2.24, 2.45) is 0 Å². The summed E-state index contributed by atoms with van der Waals surface area (Å²) in [6, 6.07) is 9.95. The lowest BCUT2D eigenvalue weighted by Crippen LogP contribution is -2.38. The van der Waals surface area contributed by atoms with Crippen LogP contribution in [0.5, 0.6) is 0 Å². The summed E-state index contributed by atoms with van der Waals surface area (Å²) in [6.07, 6.45) is 2.75. The summed E-state index contributed by atoms with van der Waals surface area (Å²) in [7, 11) is -3.29. The number of aryl methyl sites for hydroxylation is 1. The molecular weight excluding hydrogens is 444 g/mol. The van der Waals surface area contributed by atoms with Crippen LogP contribution in [0.4, 0.5) is 0 Å². The van der Waals surface area contributed by atoms with E-state index < -0.39 is 10.0 Å². The van der Waals surface area contributed by atoms with Gasteiger partial charge in [-0.2, -0.15) is 0 Å². The lowest BCUT2D eigenvalue weighted by Gasteiger charge is -2.30. The van der Waals surface area contributed by atoms with Crippen molar-refractivity contribution in [2.75, 3.05) is 12.3 Å². The molecule has 0 aliphatic carbocycles. The third kappa shape index (κ3) is 5.06. The van der Waals surface area contributed by atoms with E-state index in [2.05, 4.69) is 14.7 Å². The summed E-state index contributed by atoms with van der Waals surface area (Å²) >= 11 is 1.54. The summed E-state index contributed by atoms with van der Waals surface area (Å²) in [5.41, 5.74) is 5.64. The van der Waals surface area contributed by atoms with Crippen LogP contribution in [0.2, 0.25) is 0 Å². The number of carbonyl (C=O) groups is 1. The predicted molar refractivity (Wildman–Crippen MR) is 126 cm³/mol. The van der Waals surface area contributed by atoms with Gasteiger partial charge in [0.05, 0.1) is 17.9 Å². The smallest absolute Gasteiger partial charge is 0.228 e. The van der Waals surface area contributed by atoms with Gasteiger partial charge in [-0.15, -0.1) is 11.3 Å². The van der Waals surface area contributed by atoms with Crippen LogP contribution in [0.1, 0.15) is 35.0 Å². The van der Waals surface area contributed by atoms with Crippen molar-refractivity contribution in [1.82, 2.24) is 19.6 Å². The predicted octanol–water partition coefficient (Wildman–Crippen LogP) is 3.08. The molecule has 1 N–H and O–H groups in total. The van der Waals surface area contributed by atoms with Crippen molar-refractivity contribution in [3.8, 4) is 10.6 Å². The van der Waals surface area contributed by atoms with E-state index in [-0.39, 0.29) is 24.6 Å². The minimum absolute atomic E-state index is 0.0365. The second kappa shape index (κ2) is 9.48. The van der Waals surface area contributed by atoms with Crippen LogP contribution in [-0.2, 0) is 40.7 Å². The molecule has 1 aliphatic rings. The molecular formula is C23H26N4O3S2. The van der Waals surface area contributed by atoms with E-state index in [0.717, 1.165) is 38.6 Å². The minimum atomic E-state index is -3.29. The van der Waals surface area contributed by atoms with Gasteiger partial charge in [0.15, 0.2) is 0 Å². The number of thiazole rings is 1. The van der Waals surface area contributed by atoms with Gasteiger partial charge in [-0.3, -0.25) is 9.78 Å². The van der Waals surface area contributed by atoms with Gasteiger partial charge in [0.2, 0.25) is 15.9 Å². The number of sulfonamides is 1. The molecule has 1 amide bonds. The van der Waals surface area contributed by atoms with Gasteiger partial charge >= 0.3 is 0 Å². The lowest BCUT2D eigenvalue weighted by atomic mass is 9.95. The fraction of sp³-hybridized carbons (Fsp3) is 0.348. The molecule has 0 saturated carbocycles. The number of nitrogens with one attached hydrogen (secondary N) is 1. The molecule has 0 saturated heterocycles. The quantitative estimate of drug-likeness (QED) is 0.573.